The lowest BCUT2D eigenvalue weighted by atomic mass is 10.1. The number of hydrogen-bond acceptors (Lipinski definition) is 3. The number of carbonyl (C=O) groups excluding carboxylic acids is 2. The SMILES string of the molecule is CCCCOC(=O)c1ccc(NC(=O)NCc2ccccc2C(F)(F)F)cc1. The number of unbranched alkanes of at least 4 members (excludes halogenated alkanes) is 1. The number of benzene rings is 2. The molecule has 2 aromatic carbocycles. The third-order valence-corrected chi connectivity index (χ3v) is 3.87. The molecule has 0 spiro atoms. The standard InChI is InChI=1S/C20H21F3N2O3/c1-2-3-12-28-18(26)14-8-10-16(11-9-14)25-19(27)24-13-15-6-4-5-7-17(15)20(21,22)23/h4-11H,2-3,12-13H2,1H3,(H2,24,25,27). The van der Waals surface area contributed by atoms with Gasteiger partial charge in [-0.15, -0.1) is 0 Å². The van der Waals surface area contributed by atoms with Crippen LogP contribution in [0.25, 0.3) is 0 Å². The average molecular weight is 394 g/mol. The zero-order valence-electron chi connectivity index (χ0n) is 15.3. The second-order valence-electron chi connectivity index (χ2n) is 6.03. The summed E-state index contributed by atoms with van der Waals surface area (Å²) in [5, 5.41) is 4.90. The maximum atomic E-state index is 13.0. The van der Waals surface area contributed by atoms with E-state index in [-0.39, 0.29) is 12.1 Å². The van der Waals surface area contributed by atoms with Crippen LogP contribution in [0.15, 0.2) is 48.5 Å². The van der Waals surface area contributed by atoms with Crippen molar-refractivity contribution in [3.05, 3.63) is 65.2 Å². The van der Waals surface area contributed by atoms with Crippen molar-refractivity contribution in [3.63, 3.8) is 0 Å². The minimum absolute atomic E-state index is 0.0321. The van der Waals surface area contributed by atoms with Crippen LogP contribution in [-0.4, -0.2) is 18.6 Å². The van der Waals surface area contributed by atoms with Gasteiger partial charge >= 0.3 is 18.2 Å². The van der Waals surface area contributed by atoms with Crippen LogP contribution in [0.5, 0.6) is 0 Å². The Balaban J connectivity index is 1.89. The highest BCUT2D eigenvalue weighted by atomic mass is 19.4. The van der Waals surface area contributed by atoms with Crippen LogP contribution in [-0.2, 0) is 17.5 Å². The summed E-state index contributed by atoms with van der Waals surface area (Å²) < 4.78 is 43.9. The second kappa shape index (κ2) is 9.77. The van der Waals surface area contributed by atoms with Crippen molar-refractivity contribution in [3.8, 4) is 0 Å². The van der Waals surface area contributed by atoms with E-state index in [0.717, 1.165) is 18.9 Å². The van der Waals surface area contributed by atoms with Gasteiger partial charge in [0.2, 0.25) is 0 Å². The first kappa shape index (κ1) is 21.3. The van der Waals surface area contributed by atoms with Crippen molar-refractivity contribution in [2.24, 2.45) is 0 Å². The minimum Gasteiger partial charge on any atom is -0.462 e. The van der Waals surface area contributed by atoms with E-state index < -0.39 is 23.7 Å². The molecule has 0 atom stereocenters. The number of alkyl halides is 3. The fraction of sp³-hybridized carbons (Fsp3) is 0.300. The molecule has 0 heterocycles. The molecule has 0 aliphatic heterocycles. The van der Waals surface area contributed by atoms with E-state index in [0.29, 0.717) is 17.9 Å². The molecule has 5 nitrogen and oxygen atoms in total. The smallest absolute Gasteiger partial charge is 0.416 e. The normalized spacial score (nSPS) is 11.0. The Bertz CT molecular complexity index is 805. The van der Waals surface area contributed by atoms with Gasteiger partial charge < -0.3 is 15.4 Å². The van der Waals surface area contributed by atoms with Crippen molar-refractivity contribution >= 4 is 17.7 Å². The molecule has 0 aliphatic carbocycles. The molecule has 8 heteroatoms. The van der Waals surface area contributed by atoms with E-state index >= 15 is 0 Å². The van der Waals surface area contributed by atoms with Crippen LogP contribution in [0.3, 0.4) is 0 Å². The zero-order valence-corrected chi connectivity index (χ0v) is 15.3. The number of nitrogens with one attached hydrogen (secondary N) is 2. The molecule has 0 aliphatic rings. The van der Waals surface area contributed by atoms with Crippen molar-refractivity contribution in [1.82, 2.24) is 5.32 Å². The lowest BCUT2D eigenvalue weighted by Gasteiger charge is -2.13. The first-order chi connectivity index (χ1) is 13.3. The molecule has 0 saturated heterocycles. The molecule has 0 bridgehead atoms. The number of urea groups is 1. The summed E-state index contributed by atoms with van der Waals surface area (Å²) in [5.41, 5.74) is -0.0792. The van der Waals surface area contributed by atoms with Gasteiger partial charge in [-0.05, 0) is 42.3 Å². The average Bonchev–Trinajstić information content (AvgIpc) is 2.66. The summed E-state index contributed by atoms with van der Waals surface area (Å²) in [4.78, 5) is 23.8. The van der Waals surface area contributed by atoms with Crippen molar-refractivity contribution < 1.29 is 27.5 Å². The monoisotopic (exact) mass is 394 g/mol. The van der Waals surface area contributed by atoms with Crippen molar-refractivity contribution in [2.45, 2.75) is 32.5 Å². The van der Waals surface area contributed by atoms with Gasteiger partial charge in [-0.25, -0.2) is 9.59 Å². The van der Waals surface area contributed by atoms with Gasteiger partial charge in [0.1, 0.15) is 0 Å². The van der Waals surface area contributed by atoms with Gasteiger partial charge in [-0.1, -0.05) is 31.5 Å². The number of ether oxygens (including phenoxy) is 1. The lowest BCUT2D eigenvalue weighted by Crippen LogP contribution is -2.29. The summed E-state index contributed by atoms with van der Waals surface area (Å²) in [5.74, 6) is -0.451. The van der Waals surface area contributed by atoms with E-state index in [2.05, 4.69) is 10.6 Å². The molecule has 150 valence electrons. The summed E-state index contributed by atoms with van der Waals surface area (Å²) >= 11 is 0. The van der Waals surface area contributed by atoms with Crippen LogP contribution < -0.4 is 10.6 Å². The first-order valence-corrected chi connectivity index (χ1v) is 8.78. The highest BCUT2D eigenvalue weighted by Gasteiger charge is 2.32. The van der Waals surface area contributed by atoms with Gasteiger partial charge in [0.05, 0.1) is 17.7 Å². The molecule has 2 amide bonds. The number of halogens is 3. The summed E-state index contributed by atoms with van der Waals surface area (Å²) in [6, 6.07) is 10.4. The van der Waals surface area contributed by atoms with E-state index in [1.165, 1.54) is 42.5 Å². The Hall–Kier alpha value is -3.03. The Morgan fingerprint density at radius 3 is 2.36 bits per heavy atom. The number of amides is 2. The van der Waals surface area contributed by atoms with Crippen molar-refractivity contribution in [1.29, 1.82) is 0 Å². The highest BCUT2D eigenvalue weighted by Crippen LogP contribution is 2.31. The lowest BCUT2D eigenvalue weighted by molar-refractivity contribution is -0.138. The zero-order chi connectivity index (χ0) is 20.6. The van der Waals surface area contributed by atoms with Crippen LogP contribution in [0.1, 0.15) is 41.3 Å². The Morgan fingerprint density at radius 2 is 1.71 bits per heavy atom. The number of rotatable bonds is 7. The van der Waals surface area contributed by atoms with E-state index in [9.17, 15) is 22.8 Å². The van der Waals surface area contributed by atoms with E-state index in [1.807, 2.05) is 6.92 Å². The molecule has 2 aromatic rings. The van der Waals surface area contributed by atoms with Crippen LogP contribution >= 0.6 is 0 Å². The largest absolute Gasteiger partial charge is 0.462 e. The van der Waals surface area contributed by atoms with Gasteiger partial charge in [-0.2, -0.15) is 13.2 Å². The predicted molar refractivity (Wildman–Crippen MR) is 98.9 cm³/mol. The fourth-order valence-electron chi connectivity index (χ4n) is 2.38. The molecular formula is C20H21F3N2O3. The third-order valence-electron chi connectivity index (χ3n) is 3.87. The molecule has 2 rings (SSSR count). The summed E-state index contributed by atoms with van der Waals surface area (Å²) in [7, 11) is 0. The summed E-state index contributed by atoms with van der Waals surface area (Å²) in [6.45, 7) is 2.06. The third kappa shape index (κ3) is 6.29. The quantitative estimate of drug-likeness (QED) is 0.514. The highest BCUT2D eigenvalue weighted by molar-refractivity contribution is 5.92. The topological polar surface area (TPSA) is 67.4 Å². The summed E-state index contributed by atoms with van der Waals surface area (Å²) in [6.07, 6.45) is -2.79. The van der Waals surface area contributed by atoms with E-state index in [1.54, 1.807) is 0 Å². The molecule has 0 saturated carbocycles. The Morgan fingerprint density at radius 1 is 1.04 bits per heavy atom. The predicted octanol–water partition coefficient (Wildman–Crippen LogP) is 4.98. The molecular weight excluding hydrogens is 373 g/mol. The maximum absolute atomic E-state index is 13.0. The molecule has 2 N–H and O–H groups in total. The number of hydrogen-bond donors (Lipinski definition) is 2. The molecule has 28 heavy (non-hydrogen) atoms. The molecule has 0 fully saturated rings. The van der Waals surface area contributed by atoms with Crippen LogP contribution in [0.4, 0.5) is 23.7 Å². The first-order valence-electron chi connectivity index (χ1n) is 8.78. The Labute approximate surface area is 160 Å². The maximum Gasteiger partial charge on any atom is 0.416 e. The number of anilines is 1. The van der Waals surface area contributed by atoms with Crippen LogP contribution in [0, 0.1) is 0 Å². The van der Waals surface area contributed by atoms with Gasteiger partial charge in [0.25, 0.3) is 0 Å². The van der Waals surface area contributed by atoms with E-state index in [4.69, 9.17) is 4.74 Å². The van der Waals surface area contributed by atoms with Crippen molar-refractivity contribution in [2.75, 3.05) is 11.9 Å². The van der Waals surface area contributed by atoms with Gasteiger partial charge in [0.15, 0.2) is 0 Å². The molecule has 0 unspecified atom stereocenters. The fourth-order valence-corrected chi connectivity index (χ4v) is 2.38. The molecule has 0 aromatic heterocycles. The van der Waals surface area contributed by atoms with Gasteiger partial charge in [0, 0.05) is 12.2 Å². The minimum atomic E-state index is -4.49. The van der Waals surface area contributed by atoms with Crippen LogP contribution in [0.2, 0.25) is 0 Å². The number of esters is 1. The molecule has 0 radical (unpaired) electrons. The number of carbonyl (C=O) groups is 2. The van der Waals surface area contributed by atoms with Gasteiger partial charge in [-0.3, -0.25) is 0 Å². The Kier molecular flexibility index (Phi) is 7.43. The second-order valence-corrected chi connectivity index (χ2v) is 6.03.